The molecule has 0 amide bonds. The molecule has 0 bridgehead atoms. The van der Waals surface area contributed by atoms with Gasteiger partial charge in [0.1, 0.15) is 6.04 Å². The molecule has 0 aromatic carbocycles. The van der Waals surface area contributed by atoms with Crippen molar-refractivity contribution in [2.75, 3.05) is 13.7 Å². The molecule has 2 aliphatic carbocycles. The molecule has 0 aliphatic heterocycles. The minimum atomic E-state index is -0.0732. The van der Waals surface area contributed by atoms with Crippen LogP contribution in [-0.2, 0) is 9.53 Å². The van der Waals surface area contributed by atoms with E-state index in [1.807, 2.05) is 0 Å². The van der Waals surface area contributed by atoms with Crippen molar-refractivity contribution in [3.05, 3.63) is 0 Å². The highest BCUT2D eigenvalue weighted by atomic mass is 16.5. The molecule has 0 aromatic heterocycles. The number of methoxy groups -OCH3 is 1. The van der Waals surface area contributed by atoms with Gasteiger partial charge in [0.25, 0.3) is 0 Å². The Bertz CT molecular complexity index is 263. The Labute approximate surface area is 104 Å². The van der Waals surface area contributed by atoms with Gasteiger partial charge in [-0.2, -0.15) is 0 Å². The fourth-order valence-corrected chi connectivity index (χ4v) is 2.97. The molecule has 3 atom stereocenters. The quantitative estimate of drug-likeness (QED) is 0.748. The van der Waals surface area contributed by atoms with Crippen LogP contribution >= 0.6 is 0 Å². The summed E-state index contributed by atoms with van der Waals surface area (Å²) < 4.78 is 4.88. The van der Waals surface area contributed by atoms with E-state index in [1.54, 1.807) is 0 Å². The van der Waals surface area contributed by atoms with Crippen molar-refractivity contribution in [2.45, 2.75) is 51.5 Å². The zero-order valence-corrected chi connectivity index (χ0v) is 11.1. The van der Waals surface area contributed by atoms with Gasteiger partial charge in [0, 0.05) is 0 Å². The van der Waals surface area contributed by atoms with Crippen molar-refractivity contribution in [1.29, 1.82) is 0 Å². The molecule has 98 valence electrons. The van der Waals surface area contributed by atoms with Crippen LogP contribution in [0.5, 0.6) is 0 Å². The van der Waals surface area contributed by atoms with Gasteiger partial charge in [-0.3, -0.25) is 4.79 Å². The smallest absolute Gasteiger partial charge is 0.323 e. The molecule has 2 rings (SSSR count). The Morgan fingerprint density at radius 1 is 1.29 bits per heavy atom. The highest BCUT2D eigenvalue weighted by Crippen LogP contribution is 2.34. The largest absolute Gasteiger partial charge is 0.468 e. The molecule has 2 saturated carbocycles. The van der Waals surface area contributed by atoms with Crippen molar-refractivity contribution < 1.29 is 9.53 Å². The summed E-state index contributed by atoms with van der Waals surface area (Å²) in [4.78, 5) is 11.7. The average molecular weight is 239 g/mol. The van der Waals surface area contributed by atoms with Crippen LogP contribution in [0.15, 0.2) is 0 Å². The number of nitrogens with one attached hydrogen (secondary N) is 1. The Kier molecular flexibility index (Phi) is 4.43. The van der Waals surface area contributed by atoms with Crippen molar-refractivity contribution in [1.82, 2.24) is 5.32 Å². The van der Waals surface area contributed by atoms with E-state index in [4.69, 9.17) is 4.74 Å². The van der Waals surface area contributed by atoms with Gasteiger partial charge >= 0.3 is 5.97 Å². The van der Waals surface area contributed by atoms with Gasteiger partial charge in [0.05, 0.1) is 7.11 Å². The lowest BCUT2D eigenvalue weighted by atomic mass is 9.80. The Morgan fingerprint density at radius 2 is 2.00 bits per heavy atom. The normalized spacial score (nSPS) is 30.9. The van der Waals surface area contributed by atoms with Crippen LogP contribution in [0.2, 0.25) is 0 Å². The molecule has 0 heterocycles. The van der Waals surface area contributed by atoms with Gasteiger partial charge in [-0.15, -0.1) is 0 Å². The second-order valence-electron chi connectivity index (χ2n) is 5.77. The molecule has 3 nitrogen and oxygen atoms in total. The molecule has 0 radical (unpaired) electrons. The lowest BCUT2D eigenvalue weighted by molar-refractivity contribution is -0.143. The number of carbonyl (C=O) groups is 1. The van der Waals surface area contributed by atoms with Gasteiger partial charge in [0.2, 0.25) is 0 Å². The first-order valence-corrected chi connectivity index (χ1v) is 7.03. The summed E-state index contributed by atoms with van der Waals surface area (Å²) in [6.07, 6.45) is 7.73. The van der Waals surface area contributed by atoms with Crippen LogP contribution in [0.4, 0.5) is 0 Å². The third kappa shape index (κ3) is 3.44. The van der Waals surface area contributed by atoms with Gasteiger partial charge in [-0.1, -0.05) is 26.2 Å². The Hall–Kier alpha value is -0.570. The van der Waals surface area contributed by atoms with E-state index in [9.17, 15) is 4.79 Å². The first-order chi connectivity index (χ1) is 8.22. The molecule has 0 aromatic rings. The highest BCUT2D eigenvalue weighted by molar-refractivity contribution is 5.76. The van der Waals surface area contributed by atoms with Crippen LogP contribution < -0.4 is 5.32 Å². The topological polar surface area (TPSA) is 38.3 Å². The fraction of sp³-hybridized carbons (Fsp3) is 0.929. The van der Waals surface area contributed by atoms with E-state index >= 15 is 0 Å². The first-order valence-electron chi connectivity index (χ1n) is 7.03. The third-order valence-corrected chi connectivity index (χ3v) is 4.44. The van der Waals surface area contributed by atoms with Crippen LogP contribution in [0.1, 0.15) is 45.4 Å². The van der Waals surface area contributed by atoms with Crippen molar-refractivity contribution >= 4 is 5.97 Å². The summed E-state index contributed by atoms with van der Waals surface area (Å²) in [5, 5.41) is 3.46. The summed E-state index contributed by atoms with van der Waals surface area (Å²) in [6.45, 7) is 3.33. The second-order valence-corrected chi connectivity index (χ2v) is 5.77. The predicted molar refractivity (Wildman–Crippen MR) is 67.7 cm³/mol. The average Bonchev–Trinajstić information content (AvgIpc) is 3.15. The van der Waals surface area contributed by atoms with E-state index < -0.39 is 0 Å². The van der Waals surface area contributed by atoms with E-state index in [0.717, 1.165) is 18.4 Å². The minimum Gasteiger partial charge on any atom is -0.468 e. The zero-order chi connectivity index (χ0) is 12.3. The molecule has 3 heteroatoms. The standard InChI is InChI=1S/C14H25NO2/c1-10-5-3-4-6-12(10)9-15-13(11-7-8-11)14(16)17-2/h10-13,15H,3-9H2,1-2H3. The maximum atomic E-state index is 11.7. The Balaban J connectivity index is 1.80. The maximum Gasteiger partial charge on any atom is 0.323 e. The molecule has 0 saturated heterocycles. The lowest BCUT2D eigenvalue weighted by Gasteiger charge is -2.30. The van der Waals surface area contributed by atoms with Crippen LogP contribution in [0.25, 0.3) is 0 Å². The summed E-state index contributed by atoms with van der Waals surface area (Å²) in [5.74, 6) is 2.00. The maximum absolute atomic E-state index is 11.7. The van der Waals surface area contributed by atoms with Crippen molar-refractivity contribution in [2.24, 2.45) is 17.8 Å². The van der Waals surface area contributed by atoms with E-state index in [-0.39, 0.29) is 12.0 Å². The van der Waals surface area contributed by atoms with Crippen LogP contribution in [0.3, 0.4) is 0 Å². The fourth-order valence-electron chi connectivity index (χ4n) is 2.97. The van der Waals surface area contributed by atoms with Gasteiger partial charge < -0.3 is 10.1 Å². The highest BCUT2D eigenvalue weighted by Gasteiger charge is 2.37. The molecular weight excluding hydrogens is 214 g/mol. The number of rotatable bonds is 5. The number of esters is 1. The van der Waals surface area contributed by atoms with Crippen molar-refractivity contribution in [3.8, 4) is 0 Å². The van der Waals surface area contributed by atoms with E-state index in [1.165, 1.54) is 45.6 Å². The summed E-state index contributed by atoms with van der Waals surface area (Å²) in [7, 11) is 1.49. The molecule has 2 aliphatic rings. The molecule has 17 heavy (non-hydrogen) atoms. The van der Waals surface area contributed by atoms with E-state index in [2.05, 4.69) is 12.2 Å². The Morgan fingerprint density at radius 3 is 2.59 bits per heavy atom. The van der Waals surface area contributed by atoms with Crippen LogP contribution in [0, 0.1) is 17.8 Å². The number of hydrogen-bond donors (Lipinski definition) is 1. The minimum absolute atomic E-state index is 0.0471. The van der Waals surface area contributed by atoms with Gasteiger partial charge in [0.15, 0.2) is 0 Å². The predicted octanol–water partition coefficient (Wildman–Crippen LogP) is 2.35. The molecule has 1 N–H and O–H groups in total. The summed E-state index contributed by atoms with van der Waals surface area (Å²) in [6, 6.07) is -0.0471. The zero-order valence-electron chi connectivity index (χ0n) is 11.1. The SMILES string of the molecule is COC(=O)C(NCC1CCCCC1C)C1CC1. The monoisotopic (exact) mass is 239 g/mol. The summed E-state index contributed by atoms with van der Waals surface area (Å²) >= 11 is 0. The van der Waals surface area contributed by atoms with E-state index in [0.29, 0.717) is 5.92 Å². The van der Waals surface area contributed by atoms with Crippen molar-refractivity contribution in [3.63, 3.8) is 0 Å². The molecular formula is C14H25NO2. The molecule has 3 unspecified atom stereocenters. The van der Waals surface area contributed by atoms with Gasteiger partial charge in [-0.05, 0) is 43.6 Å². The van der Waals surface area contributed by atoms with Gasteiger partial charge in [-0.25, -0.2) is 0 Å². The molecule has 0 spiro atoms. The van der Waals surface area contributed by atoms with Crippen LogP contribution in [-0.4, -0.2) is 25.7 Å². The second kappa shape index (κ2) is 5.85. The molecule has 2 fully saturated rings. The summed E-state index contributed by atoms with van der Waals surface area (Å²) in [5.41, 5.74) is 0. The number of carbonyl (C=O) groups excluding carboxylic acids is 1. The number of ether oxygens (including phenoxy) is 1. The number of hydrogen-bond acceptors (Lipinski definition) is 3. The third-order valence-electron chi connectivity index (χ3n) is 4.44. The first kappa shape index (κ1) is 12.9. The lowest BCUT2D eigenvalue weighted by Crippen LogP contribution is -2.43.